The molecule has 2 rings (SSSR count). The summed E-state index contributed by atoms with van der Waals surface area (Å²) in [5.74, 6) is 1.93. The zero-order valence-electron chi connectivity index (χ0n) is 16.6. The predicted molar refractivity (Wildman–Crippen MR) is 101 cm³/mol. The maximum Gasteiger partial charge on any atom is -0.0147 e. The van der Waals surface area contributed by atoms with Gasteiger partial charge in [-0.05, 0) is 74.5 Å². The van der Waals surface area contributed by atoms with Gasteiger partial charge in [-0.25, -0.2) is 0 Å². The molecule has 2 aliphatic rings. The minimum Gasteiger partial charge on any atom is -0.0882 e. The van der Waals surface area contributed by atoms with E-state index in [1.54, 1.807) is 5.57 Å². The Labute approximate surface area is 141 Å². The highest BCUT2D eigenvalue weighted by molar-refractivity contribution is 5.17. The topological polar surface area (TPSA) is 0 Å². The molecule has 3 unspecified atom stereocenters. The lowest BCUT2D eigenvalue weighted by atomic mass is 9.62. The Morgan fingerprint density at radius 1 is 1.14 bits per heavy atom. The minimum atomic E-state index is 0.519. The van der Waals surface area contributed by atoms with Gasteiger partial charge in [0.2, 0.25) is 0 Å². The SMILES string of the molecule is C/C=C1\CCCC2(C)C(CCCCC(C)(C)C)CCC12.CC. The zero-order valence-corrected chi connectivity index (χ0v) is 16.6. The first-order chi connectivity index (χ1) is 10.4. The molecule has 3 atom stereocenters. The molecule has 0 saturated heterocycles. The van der Waals surface area contributed by atoms with Crippen LogP contribution in [0.4, 0.5) is 0 Å². The highest BCUT2D eigenvalue weighted by Gasteiger charge is 2.48. The molecule has 130 valence electrons. The number of allylic oxidation sites excluding steroid dienone is 2. The summed E-state index contributed by atoms with van der Waals surface area (Å²) in [7, 11) is 0. The molecule has 0 radical (unpaired) electrons. The van der Waals surface area contributed by atoms with Crippen molar-refractivity contribution < 1.29 is 0 Å². The smallest absolute Gasteiger partial charge is 0.0147 e. The van der Waals surface area contributed by atoms with Crippen molar-refractivity contribution in [1.29, 1.82) is 0 Å². The number of unbranched alkanes of at least 4 members (excludes halogenated alkanes) is 1. The van der Waals surface area contributed by atoms with E-state index in [4.69, 9.17) is 0 Å². The average Bonchev–Trinajstić information content (AvgIpc) is 2.81. The third-order valence-electron chi connectivity index (χ3n) is 6.26. The molecular formula is C22H42. The summed E-state index contributed by atoms with van der Waals surface area (Å²) < 4.78 is 0. The first-order valence-corrected chi connectivity index (χ1v) is 10.0. The maximum atomic E-state index is 2.61. The summed E-state index contributed by atoms with van der Waals surface area (Å²) in [6, 6.07) is 0. The Kier molecular flexibility index (Phi) is 7.69. The normalized spacial score (nSPS) is 33.3. The molecule has 0 aromatic heterocycles. The van der Waals surface area contributed by atoms with E-state index in [2.05, 4.69) is 40.7 Å². The molecule has 0 spiro atoms. The second kappa shape index (κ2) is 8.55. The van der Waals surface area contributed by atoms with Crippen molar-refractivity contribution in [3.05, 3.63) is 11.6 Å². The number of fused-ring (bicyclic) bond motifs is 1. The molecule has 0 amide bonds. The Hall–Kier alpha value is -0.260. The maximum absolute atomic E-state index is 2.61. The van der Waals surface area contributed by atoms with Crippen LogP contribution in [-0.2, 0) is 0 Å². The Bertz CT molecular complexity index is 344. The molecular weight excluding hydrogens is 264 g/mol. The number of hydrogen-bond acceptors (Lipinski definition) is 0. The largest absolute Gasteiger partial charge is 0.0882 e. The minimum absolute atomic E-state index is 0.519. The van der Waals surface area contributed by atoms with Gasteiger partial charge < -0.3 is 0 Å². The fraction of sp³-hybridized carbons (Fsp3) is 0.909. The van der Waals surface area contributed by atoms with Crippen LogP contribution in [0.3, 0.4) is 0 Å². The number of hydrogen-bond donors (Lipinski definition) is 0. The molecule has 0 N–H and O–H groups in total. The molecule has 0 bridgehead atoms. The zero-order chi connectivity index (χ0) is 16.8. The Morgan fingerprint density at radius 2 is 1.82 bits per heavy atom. The van der Waals surface area contributed by atoms with Crippen LogP contribution in [0.15, 0.2) is 11.6 Å². The van der Waals surface area contributed by atoms with Crippen LogP contribution < -0.4 is 0 Å². The molecule has 0 aromatic carbocycles. The predicted octanol–water partition coefficient (Wildman–Crippen LogP) is 7.78. The van der Waals surface area contributed by atoms with E-state index < -0.39 is 0 Å². The average molecular weight is 307 g/mol. The van der Waals surface area contributed by atoms with Crippen LogP contribution in [-0.4, -0.2) is 0 Å². The summed E-state index contributed by atoms with van der Waals surface area (Å²) in [4.78, 5) is 0. The van der Waals surface area contributed by atoms with E-state index in [1.165, 1.54) is 57.8 Å². The summed E-state index contributed by atoms with van der Waals surface area (Å²) in [6.45, 7) is 16.0. The van der Waals surface area contributed by atoms with Crippen molar-refractivity contribution in [2.45, 2.75) is 106 Å². The highest BCUT2D eigenvalue weighted by Crippen LogP contribution is 2.58. The van der Waals surface area contributed by atoms with Crippen molar-refractivity contribution in [3.8, 4) is 0 Å². The Balaban J connectivity index is 0.00000116. The second-order valence-electron chi connectivity index (χ2n) is 8.86. The number of rotatable bonds is 4. The first kappa shape index (κ1) is 19.8. The van der Waals surface area contributed by atoms with Gasteiger partial charge in [-0.1, -0.05) is 66.0 Å². The second-order valence-corrected chi connectivity index (χ2v) is 8.86. The Morgan fingerprint density at radius 3 is 2.41 bits per heavy atom. The van der Waals surface area contributed by atoms with Crippen LogP contribution in [0, 0.1) is 22.7 Å². The molecule has 0 heteroatoms. The van der Waals surface area contributed by atoms with Crippen LogP contribution >= 0.6 is 0 Å². The van der Waals surface area contributed by atoms with Crippen molar-refractivity contribution in [2.75, 3.05) is 0 Å². The van der Waals surface area contributed by atoms with Crippen molar-refractivity contribution >= 4 is 0 Å². The molecule has 2 saturated carbocycles. The first-order valence-electron chi connectivity index (χ1n) is 10.0. The van der Waals surface area contributed by atoms with E-state index in [1.807, 2.05) is 13.8 Å². The van der Waals surface area contributed by atoms with Gasteiger partial charge in [0, 0.05) is 0 Å². The van der Waals surface area contributed by atoms with Crippen molar-refractivity contribution in [1.82, 2.24) is 0 Å². The van der Waals surface area contributed by atoms with Gasteiger partial charge >= 0.3 is 0 Å². The molecule has 0 nitrogen and oxygen atoms in total. The van der Waals surface area contributed by atoms with Crippen LogP contribution in [0.5, 0.6) is 0 Å². The van der Waals surface area contributed by atoms with Crippen molar-refractivity contribution in [3.63, 3.8) is 0 Å². The standard InChI is InChI=1S/C20H36.C2H6/c1-6-16-10-9-15-20(5)17(12-13-18(16)20)11-7-8-14-19(2,3)4;1-2/h6,17-18H,7-15H2,1-5H3;1-2H3/b16-6+;. The van der Waals surface area contributed by atoms with Gasteiger partial charge in [-0.3, -0.25) is 0 Å². The quantitative estimate of drug-likeness (QED) is 0.367. The van der Waals surface area contributed by atoms with E-state index >= 15 is 0 Å². The van der Waals surface area contributed by atoms with E-state index in [9.17, 15) is 0 Å². The fourth-order valence-electron chi connectivity index (χ4n) is 5.01. The summed E-state index contributed by atoms with van der Waals surface area (Å²) in [6.07, 6.45) is 15.5. The van der Waals surface area contributed by atoms with Crippen LogP contribution in [0.25, 0.3) is 0 Å². The molecule has 2 fully saturated rings. The van der Waals surface area contributed by atoms with Crippen LogP contribution in [0.2, 0.25) is 0 Å². The van der Waals surface area contributed by atoms with E-state index in [0.29, 0.717) is 10.8 Å². The molecule has 22 heavy (non-hydrogen) atoms. The lowest BCUT2D eigenvalue weighted by molar-refractivity contribution is 0.126. The van der Waals surface area contributed by atoms with Gasteiger partial charge in [-0.2, -0.15) is 0 Å². The molecule has 0 aliphatic heterocycles. The third kappa shape index (κ3) is 4.87. The fourth-order valence-corrected chi connectivity index (χ4v) is 5.01. The van der Waals surface area contributed by atoms with Crippen molar-refractivity contribution in [2.24, 2.45) is 22.7 Å². The summed E-state index contributed by atoms with van der Waals surface area (Å²) in [5.41, 5.74) is 2.95. The lowest BCUT2D eigenvalue weighted by Crippen LogP contribution is -2.33. The van der Waals surface area contributed by atoms with Crippen LogP contribution in [0.1, 0.15) is 106 Å². The molecule has 0 aromatic rings. The third-order valence-corrected chi connectivity index (χ3v) is 6.26. The van der Waals surface area contributed by atoms with Gasteiger partial charge in [0.25, 0.3) is 0 Å². The van der Waals surface area contributed by atoms with Gasteiger partial charge in [0.15, 0.2) is 0 Å². The lowest BCUT2D eigenvalue weighted by Gasteiger charge is -2.42. The molecule has 2 aliphatic carbocycles. The highest BCUT2D eigenvalue weighted by atomic mass is 14.5. The van der Waals surface area contributed by atoms with E-state index in [0.717, 1.165) is 11.8 Å². The summed E-state index contributed by atoms with van der Waals surface area (Å²) >= 11 is 0. The molecule has 0 heterocycles. The summed E-state index contributed by atoms with van der Waals surface area (Å²) in [5, 5.41) is 0. The van der Waals surface area contributed by atoms with Gasteiger partial charge in [0.1, 0.15) is 0 Å². The van der Waals surface area contributed by atoms with E-state index in [-0.39, 0.29) is 0 Å². The van der Waals surface area contributed by atoms with Gasteiger partial charge in [-0.15, -0.1) is 0 Å². The van der Waals surface area contributed by atoms with Gasteiger partial charge in [0.05, 0.1) is 0 Å². The monoisotopic (exact) mass is 306 g/mol.